The Bertz CT molecular complexity index is 599. The smallest absolute Gasteiger partial charge is 0.251 e. The van der Waals surface area contributed by atoms with Gasteiger partial charge in [-0.05, 0) is 31.5 Å². The summed E-state index contributed by atoms with van der Waals surface area (Å²) in [4.78, 5) is 16.3. The minimum absolute atomic E-state index is 0.0657. The van der Waals surface area contributed by atoms with Crippen LogP contribution in [0.4, 0.5) is 5.69 Å². The third-order valence-corrected chi connectivity index (χ3v) is 4.13. The SMILES string of the molecule is Cc1c(NC(C)c2nccs2)cccc1C(=O)NCCO. The molecule has 5 nitrogen and oxygen atoms in total. The van der Waals surface area contributed by atoms with Gasteiger partial charge in [0.05, 0.1) is 12.6 Å². The lowest BCUT2D eigenvalue weighted by molar-refractivity contribution is 0.0944. The van der Waals surface area contributed by atoms with E-state index in [1.807, 2.05) is 31.4 Å². The lowest BCUT2D eigenvalue weighted by atomic mass is 10.1. The predicted molar refractivity (Wildman–Crippen MR) is 84.7 cm³/mol. The maximum absolute atomic E-state index is 12.0. The van der Waals surface area contributed by atoms with Crippen LogP contribution in [0, 0.1) is 6.92 Å². The van der Waals surface area contributed by atoms with Crippen LogP contribution >= 0.6 is 11.3 Å². The number of nitrogens with zero attached hydrogens (tertiary/aromatic N) is 1. The number of aromatic nitrogens is 1. The standard InChI is InChI=1S/C15H19N3O2S/c1-10-12(14(20)16-6-8-19)4-3-5-13(10)18-11(2)15-17-7-9-21-15/h3-5,7,9,11,18-19H,6,8H2,1-2H3,(H,16,20). The second kappa shape index (κ2) is 7.19. The second-order valence-electron chi connectivity index (χ2n) is 4.69. The molecule has 2 aromatic rings. The summed E-state index contributed by atoms with van der Waals surface area (Å²) in [6, 6.07) is 5.65. The van der Waals surface area contributed by atoms with Crippen molar-refractivity contribution in [3.8, 4) is 0 Å². The van der Waals surface area contributed by atoms with Gasteiger partial charge in [0.15, 0.2) is 0 Å². The van der Waals surface area contributed by atoms with E-state index in [4.69, 9.17) is 5.11 Å². The van der Waals surface area contributed by atoms with Crippen molar-refractivity contribution >= 4 is 22.9 Å². The average Bonchev–Trinajstić information content (AvgIpc) is 3.01. The Hall–Kier alpha value is -1.92. The van der Waals surface area contributed by atoms with Gasteiger partial charge in [-0.3, -0.25) is 4.79 Å². The number of carbonyl (C=O) groups is 1. The summed E-state index contributed by atoms with van der Waals surface area (Å²) in [5.41, 5.74) is 2.41. The van der Waals surface area contributed by atoms with Crippen molar-refractivity contribution in [3.63, 3.8) is 0 Å². The van der Waals surface area contributed by atoms with Gasteiger partial charge < -0.3 is 15.7 Å². The molecule has 1 unspecified atom stereocenters. The summed E-state index contributed by atoms with van der Waals surface area (Å²) >= 11 is 1.60. The Balaban J connectivity index is 2.15. The molecule has 6 heteroatoms. The van der Waals surface area contributed by atoms with Gasteiger partial charge in [-0.25, -0.2) is 4.98 Å². The van der Waals surface area contributed by atoms with Gasteiger partial charge in [-0.1, -0.05) is 6.07 Å². The van der Waals surface area contributed by atoms with Crippen molar-refractivity contribution in [1.82, 2.24) is 10.3 Å². The normalized spacial score (nSPS) is 12.0. The van der Waals surface area contributed by atoms with Crippen molar-refractivity contribution in [2.75, 3.05) is 18.5 Å². The minimum atomic E-state index is -0.174. The summed E-state index contributed by atoms with van der Waals surface area (Å²) in [5, 5.41) is 17.8. The largest absolute Gasteiger partial charge is 0.395 e. The van der Waals surface area contributed by atoms with E-state index in [9.17, 15) is 4.79 Å². The van der Waals surface area contributed by atoms with Gasteiger partial charge in [0.1, 0.15) is 5.01 Å². The van der Waals surface area contributed by atoms with E-state index >= 15 is 0 Å². The predicted octanol–water partition coefficient (Wildman–Crippen LogP) is 2.35. The molecule has 3 N–H and O–H groups in total. The molecule has 0 radical (unpaired) electrons. The van der Waals surface area contributed by atoms with Gasteiger partial charge in [0, 0.05) is 29.4 Å². The number of benzene rings is 1. The van der Waals surface area contributed by atoms with Crippen LogP contribution in [-0.2, 0) is 0 Å². The van der Waals surface area contributed by atoms with Gasteiger partial charge in [-0.15, -0.1) is 11.3 Å². The van der Waals surface area contributed by atoms with Crippen molar-refractivity contribution < 1.29 is 9.90 Å². The van der Waals surface area contributed by atoms with Crippen LogP contribution < -0.4 is 10.6 Å². The molecule has 0 saturated carbocycles. The van der Waals surface area contributed by atoms with Crippen molar-refractivity contribution in [2.24, 2.45) is 0 Å². The Morgan fingerprint density at radius 1 is 1.48 bits per heavy atom. The first kappa shape index (κ1) is 15.5. The van der Waals surface area contributed by atoms with E-state index in [2.05, 4.69) is 15.6 Å². The van der Waals surface area contributed by atoms with E-state index in [1.54, 1.807) is 23.6 Å². The number of hydrogen-bond acceptors (Lipinski definition) is 5. The number of anilines is 1. The maximum Gasteiger partial charge on any atom is 0.251 e. The molecule has 0 aliphatic carbocycles. The summed E-state index contributed by atoms with van der Waals surface area (Å²) in [6.07, 6.45) is 1.78. The van der Waals surface area contributed by atoms with Crippen LogP contribution in [0.1, 0.15) is 33.9 Å². The lowest BCUT2D eigenvalue weighted by Gasteiger charge is -2.17. The molecule has 1 heterocycles. The summed E-state index contributed by atoms with van der Waals surface area (Å²) in [5.74, 6) is -0.174. The molecule has 0 saturated heterocycles. The van der Waals surface area contributed by atoms with Crippen LogP contribution in [0.3, 0.4) is 0 Å². The minimum Gasteiger partial charge on any atom is -0.395 e. The zero-order valence-electron chi connectivity index (χ0n) is 12.1. The first-order valence-electron chi connectivity index (χ1n) is 6.78. The number of thiazole rings is 1. The highest BCUT2D eigenvalue weighted by atomic mass is 32.1. The van der Waals surface area contributed by atoms with Crippen LogP contribution in [0.2, 0.25) is 0 Å². The Morgan fingerprint density at radius 3 is 2.95 bits per heavy atom. The molecule has 112 valence electrons. The van der Waals surface area contributed by atoms with E-state index in [1.165, 1.54) is 0 Å². The monoisotopic (exact) mass is 305 g/mol. The highest BCUT2D eigenvalue weighted by Gasteiger charge is 2.14. The maximum atomic E-state index is 12.0. The fourth-order valence-electron chi connectivity index (χ4n) is 2.05. The number of aliphatic hydroxyl groups excluding tert-OH is 1. The number of hydrogen-bond donors (Lipinski definition) is 3. The highest BCUT2D eigenvalue weighted by molar-refractivity contribution is 7.09. The first-order valence-corrected chi connectivity index (χ1v) is 7.66. The molecule has 1 aromatic carbocycles. The number of nitrogens with one attached hydrogen (secondary N) is 2. The molecule has 0 spiro atoms. The molecule has 1 aromatic heterocycles. The Morgan fingerprint density at radius 2 is 2.29 bits per heavy atom. The van der Waals surface area contributed by atoms with Crippen molar-refractivity contribution in [2.45, 2.75) is 19.9 Å². The van der Waals surface area contributed by atoms with E-state index in [0.717, 1.165) is 16.3 Å². The third-order valence-electron chi connectivity index (χ3n) is 3.17. The van der Waals surface area contributed by atoms with Crippen LogP contribution in [0.5, 0.6) is 0 Å². The molecule has 2 rings (SSSR count). The Kier molecular flexibility index (Phi) is 5.30. The zero-order chi connectivity index (χ0) is 15.2. The van der Waals surface area contributed by atoms with Crippen LogP contribution in [0.15, 0.2) is 29.8 Å². The summed E-state index contributed by atoms with van der Waals surface area (Å²) < 4.78 is 0. The number of carbonyl (C=O) groups excluding carboxylic acids is 1. The van der Waals surface area contributed by atoms with Crippen LogP contribution in [-0.4, -0.2) is 29.1 Å². The van der Waals surface area contributed by atoms with E-state index in [0.29, 0.717) is 5.56 Å². The molecule has 1 atom stereocenters. The van der Waals surface area contributed by atoms with Gasteiger partial charge in [0.25, 0.3) is 5.91 Å². The van der Waals surface area contributed by atoms with E-state index < -0.39 is 0 Å². The second-order valence-corrected chi connectivity index (χ2v) is 5.62. The van der Waals surface area contributed by atoms with Gasteiger partial charge >= 0.3 is 0 Å². The summed E-state index contributed by atoms with van der Waals surface area (Å²) in [6.45, 7) is 4.14. The topological polar surface area (TPSA) is 74.2 Å². The fourth-order valence-corrected chi connectivity index (χ4v) is 2.69. The summed E-state index contributed by atoms with van der Waals surface area (Å²) in [7, 11) is 0. The number of rotatable bonds is 6. The molecule has 0 fully saturated rings. The van der Waals surface area contributed by atoms with Crippen molar-refractivity contribution in [3.05, 3.63) is 45.9 Å². The first-order chi connectivity index (χ1) is 10.1. The molecule has 0 aliphatic rings. The number of aliphatic hydroxyl groups is 1. The molecule has 0 aliphatic heterocycles. The molecular weight excluding hydrogens is 286 g/mol. The third kappa shape index (κ3) is 3.80. The van der Waals surface area contributed by atoms with Gasteiger partial charge in [-0.2, -0.15) is 0 Å². The quantitative estimate of drug-likeness (QED) is 0.766. The Labute approximate surface area is 128 Å². The lowest BCUT2D eigenvalue weighted by Crippen LogP contribution is -2.27. The molecular formula is C15H19N3O2S. The fraction of sp³-hybridized carbons (Fsp3) is 0.333. The highest BCUT2D eigenvalue weighted by Crippen LogP contribution is 2.25. The van der Waals surface area contributed by atoms with Crippen LogP contribution in [0.25, 0.3) is 0 Å². The molecule has 0 bridgehead atoms. The van der Waals surface area contributed by atoms with E-state index in [-0.39, 0.29) is 25.1 Å². The number of amides is 1. The molecule has 21 heavy (non-hydrogen) atoms. The zero-order valence-corrected chi connectivity index (χ0v) is 12.9. The molecule has 1 amide bonds. The van der Waals surface area contributed by atoms with Gasteiger partial charge in [0.2, 0.25) is 0 Å². The van der Waals surface area contributed by atoms with Crippen molar-refractivity contribution in [1.29, 1.82) is 0 Å². The average molecular weight is 305 g/mol.